The normalized spacial score (nSPS) is 23.6. The zero-order chi connectivity index (χ0) is 12.4. The largest absolute Gasteiger partial charge is 0.390 e. The second-order valence-electron chi connectivity index (χ2n) is 4.84. The van der Waals surface area contributed by atoms with Crippen LogP contribution >= 0.6 is 0 Å². The van der Waals surface area contributed by atoms with Crippen LogP contribution in [0.4, 0.5) is 0 Å². The molecule has 2 aromatic carbocycles. The van der Waals surface area contributed by atoms with E-state index in [1.807, 2.05) is 24.3 Å². The molecule has 2 atom stereocenters. The number of benzene rings is 2. The molecule has 1 fully saturated rings. The van der Waals surface area contributed by atoms with Crippen LogP contribution in [0.3, 0.4) is 0 Å². The Hall–Kier alpha value is -1.64. The molecule has 0 saturated carbocycles. The van der Waals surface area contributed by atoms with E-state index >= 15 is 0 Å². The number of hydrogen-bond donors (Lipinski definition) is 1. The molecule has 18 heavy (non-hydrogen) atoms. The molecule has 0 radical (unpaired) electrons. The molecule has 2 heteroatoms. The molecule has 0 aliphatic carbocycles. The van der Waals surface area contributed by atoms with E-state index in [9.17, 15) is 5.11 Å². The zero-order valence-electron chi connectivity index (χ0n) is 10.2. The van der Waals surface area contributed by atoms with Gasteiger partial charge in [0, 0.05) is 13.1 Å². The molecule has 2 aromatic rings. The van der Waals surface area contributed by atoms with Gasteiger partial charge in [-0.1, -0.05) is 60.7 Å². The second kappa shape index (κ2) is 4.92. The highest BCUT2D eigenvalue weighted by atomic mass is 16.3. The van der Waals surface area contributed by atoms with Gasteiger partial charge < -0.3 is 5.11 Å². The lowest BCUT2D eigenvalue weighted by molar-refractivity contribution is -0.0686. The SMILES string of the molecule is O[C@H]1CN(Cc2ccccc2)[C@@H]1c1ccccc1. The number of rotatable bonds is 3. The summed E-state index contributed by atoms with van der Waals surface area (Å²) >= 11 is 0. The second-order valence-corrected chi connectivity index (χ2v) is 4.84. The van der Waals surface area contributed by atoms with Gasteiger partial charge in [0.25, 0.3) is 0 Å². The third kappa shape index (κ3) is 2.17. The molecule has 3 rings (SSSR count). The first-order valence-electron chi connectivity index (χ1n) is 6.35. The Kier molecular flexibility index (Phi) is 3.13. The summed E-state index contributed by atoms with van der Waals surface area (Å²) in [5, 5.41) is 9.97. The first kappa shape index (κ1) is 11.5. The van der Waals surface area contributed by atoms with Crippen molar-refractivity contribution in [3.63, 3.8) is 0 Å². The van der Waals surface area contributed by atoms with Crippen LogP contribution < -0.4 is 0 Å². The van der Waals surface area contributed by atoms with E-state index < -0.39 is 0 Å². The summed E-state index contributed by atoms with van der Waals surface area (Å²) in [5.74, 6) is 0. The van der Waals surface area contributed by atoms with Gasteiger partial charge in [-0.15, -0.1) is 0 Å². The maximum absolute atomic E-state index is 9.97. The molecule has 92 valence electrons. The van der Waals surface area contributed by atoms with Crippen LogP contribution in [0.5, 0.6) is 0 Å². The van der Waals surface area contributed by atoms with E-state index in [1.54, 1.807) is 0 Å². The number of β-amino-alcohol motifs (C(OH)–C–C–N with tert-alkyl or cyclic N) is 1. The van der Waals surface area contributed by atoms with Crippen molar-refractivity contribution in [2.45, 2.75) is 18.7 Å². The minimum absolute atomic E-state index is 0.145. The van der Waals surface area contributed by atoms with Crippen LogP contribution in [0.25, 0.3) is 0 Å². The molecule has 1 N–H and O–H groups in total. The lowest BCUT2D eigenvalue weighted by Crippen LogP contribution is -2.52. The van der Waals surface area contributed by atoms with Crippen LogP contribution in [-0.2, 0) is 6.54 Å². The van der Waals surface area contributed by atoms with Gasteiger partial charge in [-0.25, -0.2) is 0 Å². The van der Waals surface area contributed by atoms with E-state index in [0.717, 1.165) is 13.1 Å². The van der Waals surface area contributed by atoms with E-state index in [2.05, 4.69) is 41.3 Å². The Balaban J connectivity index is 1.75. The van der Waals surface area contributed by atoms with E-state index in [0.29, 0.717) is 0 Å². The summed E-state index contributed by atoms with van der Waals surface area (Å²) in [5.41, 5.74) is 2.50. The molecular weight excluding hydrogens is 222 g/mol. The average Bonchev–Trinajstić information content (AvgIpc) is 2.40. The molecule has 2 nitrogen and oxygen atoms in total. The molecule has 0 bridgehead atoms. The number of aliphatic hydroxyl groups is 1. The standard InChI is InChI=1S/C16H17NO/c18-15-12-17(11-13-7-3-1-4-8-13)16(15)14-9-5-2-6-10-14/h1-10,15-16,18H,11-12H2/t15-,16+/m0/s1. The Morgan fingerprint density at radius 3 is 2.17 bits per heavy atom. The first-order chi connectivity index (χ1) is 8.84. The summed E-state index contributed by atoms with van der Waals surface area (Å²) in [6.07, 6.45) is -0.240. The predicted octanol–water partition coefficient (Wildman–Crippen LogP) is 2.60. The molecule has 0 unspecified atom stereocenters. The maximum atomic E-state index is 9.97. The van der Waals surface area contributed by atoms with Gasteiger partial charge in [-0.2, -0.15) is 0 Å². The Morgan fingerprint density at radius 1 is 0.944 bits per heavy atom. The number of aliphatic hydroxyl groups excluding tert-OH is 1. The summed E-state index contributed by atoms with van der Waals surface area (Å²) < 4.78 is 0. The lowest BCUT2D eigenvalue weighted by Gasteiger charge is -2.45. The molecule has 0 spiro atoms. The summed E-state index contributed by atoms with van der Waals surface area (Å²) in [6, 6.07) is 20.8. The van der Waals surface area contributed by atoms with Crippen LogP contribution in [0.15, 0.2) is 60.7 Å². The highest BCUT2D eigenvalue weighted by molar-refractivity contribution is 5.24. The monoisotopic (exact) mass is 239 g/mol. The molecule has 0 amide bonds. The zero-order valence-corrected chi connectivity index (χ0v) is 10.2. The van der Waals surface area contributed by atoms with Crippen molar-refractivity contribution in [3.05, 3.63) is 71.8 Å². The quantitative estimate of drug-likeness (QED) is 0.890. The predicted molar refractivity (Wildman–Crippen MR) is 72.0 cm³/mol. The third-order valence-electron chi connectivity index (χ3n) is 3.55. The Labute approximate surface area is 107 Å². The van der Waals surface area contributed by atoms with Crippen molar-refractivity contribution >= 4 is 0 Å². The van der Waals surface area contributed by atoms with Crippen molar-refractivity contribution in [3.8, 4) is 0 Å². The number of hydrogen-bond acceptors (Lipinski definition) is 2. The summed E-state index contributed by atoms with van der Waals surface area (Å²) in [7, 11) is 0. The molecule has 0 aromatic heterocycles. The van der Waals surface area contributed by atoms with Crippen LogP contribution in [0, 0.1) is 0 Å². The van der Waals surface area contributed by atoms with Gasteiger partial charge in [-0.3, -0.25) is 4.90 Å². The minimum Gasteiger partial charge on any atom is -0.390 e. The lowest BCUT2D eigenvalue weighted by atomic mass is 9.91. The van der Waals surface area contributed by atoms with Gasteiger partial charge in [-0.05, 0) is 11.1 Å². The van der Waals surface area contributed by atoms with Gasteiger partial charge in [0.2, 0.25) is 0 Å². The fourth-order valence-corrected chi connectivity index (χ4v) is 2.62. The van der Waals surface area contributed by atoms with E-state index in [4.69, 9.17) is 0 Å². The van der Waals surface area contributed by atoms with Crippen molar-refractivity contribution in [2.24, 2.45) is 0 Å². The smallest absolute Gasteiger partial charge is 0.0864 e. The van der Waals surface area contributed by atoms with E-state index in [-0.39, 0.29) is 12.1 Å². The molecule has 1 saturated heterocycles. The maximum Gasteiger partial charge on any atom is 0.0864 e. The Morgan fingerprint density at radius 2 is 1.56 bits per heavy atom. The first-order valence-corrected chi connectivity index (χ1v) is 6.35. The van der Waals surface area contributed by atoms with Crippen molar-refractivity contribution < 1.29 is 5.11 Å². The highest BCUT2D eigenvalue weighted by Gasteiger charge is 2.38. The number of likely N-dealkylation sites (tertiary alicyclic amines) is 1. The topological polar surface area (TPSA) is 23.5 Å². The minimum atomic E-state index is -0.240. The van der Waals surface area contributed by atoms with Crippen molar-refractivity contribution in [1.29, 1.82) is 0 Å². The molecule has 1 heterocycles. The van der Waals surface area contributed by atoms with Crippen LogP contribution in [0.2, 0.25) is 0 Å². The van der Waals surface area contributed by atoms with E-state index in [1.165, 1.54) is 11.1 Å². The number of nitrogens with zero attached hydrogens (tertiary/aromatic N) is 1. The fourth-order valence-electron chi connectivity index (χ4n) is 2.62. The van der Waals surface area contributed by atoms with Crippen molar-refractivity contribution in [2.75, 3.05) is 6.54 Å². The van der Waals surface area contributed by atoms with Gasteiger partial charge in [0.05, 0.1) is 12.1 Å². The third-order valence-corrected chi connectivity index (χ3v) is 3.55. The average molecular weight is 239 g/mol. The van der Waals surface area contributed by atoms with Crippen LogP contribution in [-0.4, -0.2) is 22.7 Å². The molecule has 1 aliphatic rings. The van der Waals surface area contributed by atoms with Gasteiger partial charge in [0.1, 0.15) is 0 Å². The molecule has 1 aliphatic heterocycles. The van der Waals surface area contributed by atoms with Gasteiger partial charge in [0.15, 0.2) is 0 Å². The summed E-state index contributed by atoms with van der Waals surface area (Å²) in [6.45, 7) is 1.66. The summed E-state index contributed by atoms with van der Waals surface area (Å²) in [4.78, 5) is 2.31. The fraction of sp³-hybridized carbons (Fsp3) is 0.250. The highest BCUT2D eigenvalue weighted by Crippen LogP contribution is 2.34. The van der Waals surface area contributed by atoms with Gasteiger partial charge >= 0.3 is 0 Å². The van der Waals surface area contributed by atoms with Crippen LogP contribution in [0.1, 0.15) is 17.2 Å². The Bertz CT molecular complexity index is 497. The van der Waals surface area contributed by atoms with Crippen molar-refractivity contribution in [1.82, 2.24) is 4.90 Å². The molecular formula is C16H17NO.